The molecule has 2 aromatic carbocycles. The van der Waals surface area contributed by atoms with E-state index in [1.165, 1.54) is 0 Å². The van der Waals surface area contributed by atoms with Crippen LogP contribution in [0.2, 0.25) is 5.02 Å². The first-order chi connectivity index (χ1) is 12.2. The minimum atomic E-state index is 0.237. The number of unbranched alkanes of at least 4 members (excludes halogenated alkanes) is 1. The zero-order chi connectivity index (χ0) is 17.6. The lowest BCUT2D eigenvalue weighted by molar-refractivity contribution is 0.188. The first-order valence-electron chi connectivity index (χ1n) is 8.85. The van der Waals surface area contributed by atoms with E-state index in [2.05, 4.69) is 11.8 Å². The SMILES string of the molecule is CCC1CN(CCCCOc2ccc(Cl)cc2)c2cc(N)ccc2O1. The highest BCUT2D eigenvalue weighted by molar-refractivity contribution is 6.30. The third kappa shape index (κ3) is 4.73. The van der Waals surface area contributed by atoms with Gasteiger partial charge in [0.1, 0.15) is 17.6 Å². The Morgan fingerprint density at radius 2 is 2.00 bits per heavy atom. The molecular formula is C20H25ClN2O2. The van der Waals surface area contributed by atoms with E-state index >= 15 is 0 Å². The van der Waals surface area contributed by atoms with Crippen LogP contribution in [0.4, 0.5) is 11.4 Å². The summed E-state index contributed by atoms with van der Waals surface area (Å²) in [5, 5.41) is 0.725. The van der Waals surface area contributed by atoms with Crippen LogP contribution in [0, 0.1) is 0 Å². The van der Waals surface area contributed by atoms with Gasteiger partial charge in [-0.2, -0.15) is 0 Å². The van der Waals surface area contributed by atoms with Crippen LogP contribution in [0.5, 0.6) is 11.5 Å². The maximum atomic E-state index is 6.03. The van der Waals surface area contributed by atoms with Gasteiger partial charge < -0.3 is 20.1 Å². The van der Waals surface area contributed by atoms with Gasteiger partial charge in [0.25, 0.3) is 0 Å². The van der Waals surface area contributed by atoms with Crippen molar-refractivity contribution < 1.29 is 9.47 Å². The number of rotatable bonds is 7. The lowest BCUT2D eigenvalue weighted by Gasteiger charge is -2.36. The van der Waals surface area contributed by atoms with Crippen molar-refractivity contribution in [3.05, 3.63) is 47.5 Å². The van der Waals surface area contributed by atoms with E-state index in [4.69, 9.17) is 26.8 Å². The molecule has 0 spiro atoms. The van der Waals surface area contributed by atoms with E-state index in [1.54, 1.807) is 0 Å². The number of anilines is 2. The van der Waals surface area contributed by atoms with Gasteiger partial charge in [-0.05, 0) is 61.7 Å². The van der Waals surface area contributed by atoms with E-state index in [9.17, 15) is 0 Å². The summed E-state index contributed by atoms with van der Waals surface area (Å²) in [7, 11) is 0. The number of benzene rings is 2. The summed E-state index contributed by atoms with van der Waals surface area (Å²) in [6, 6.07) is 13.4. The monoisotopic (exact) mass is 360 g/mol. The fraction of sp³-hybridized carbons (Fsp3) is 0.400. The summed E-state index contributed by atoms with van der Waals surface area (Å²) in [4.78, 5) is 2.38. The maximum Gasteiger partial charge on any atom is 0.143 e. The number of hydrogen-bond donors (Lipinski definition) is 1. The number of nitrogen functional groups attached to an aromatic ring is 1. The van der Waals surface area contributed by atoms with Crippen LogP contribution in [0.3, 0.4) is 0 Å². The molecule has 0 bridgehead atoms. The molecule has 5 heteroatoms. The highest BCUT2D eigenvalue weighted by Crippen LogP contribution is 2.35. The number of nitrogens with zero attached hydrogens (tertiary/aromatic N) is 1. The molecule has 0 fully saturated rings. The Labute approximate surface area is 154 Å². The van der Waals surface area contributed by atoms with Gasteiger partial charge in [-0.3, -0.25) is 0 Å². The number of ether oxygens (including phenoxy) is 2. The van der Waals surface area contributed by atoms with Crippen LogP contribution in [0.1, 0.15) is 26.2 Å². The molecule has 2 N–H and O–H groups in total. The fourth-order valence-electron chi connectivity index (χ4n) is 2.99. The second-order valence-electron chi connectivity index (χ2n) is 6.33. The summed E-state index contributed by atoms with van der Waals surface area (Å²) in [6.45, 7) is 4.74. The van der Waals surface area contributed by atoms with E-state index < -0.39 is 0 Å². The van der Waals surface area contributed by atoms with Crippen molar-refractivity contribution in [2.45, 2.75) is 32.3 Å². The highest BCUT2D eigenvalue weighted by atomic mass is 35.5. The predicted octanol–water partition coefficient (Wildman–Crippen LogP) is 4.76. The number of nitrogens with two attached hydrogens (primary N) is 1. The average molecular weight is 361 g/mol. The molecule has 1 aliphatic heterocycles. The lowest BCUT2D eigenvalue weighted by Crippen LogP contribution is -2.40. The minimum absolute atomic E-state index is 0.237. The van der Waals surface area contributed by atoms with Crippen molar-refractivity contribution in [2.24, 2.45) is 0 Å². The first-order valence-corrected chi connectivity index (χ1v) is 9.23. The van der Waals surface area contributed by atoms with Gasteiger partial charge in [0.05, 0.1) is 18.8 Å². The quantitative estimate of drug-likeness (QED) is 0.571. The number of fused-ring (bicyclic) bond motifs is 1. The Morgan fingerprint density at radius 1 is 1.20 bits per heavy atom. The van der Waals surface area contributed by atoms with Crippen LogP contribution in [-0.2, 0) is 0 Å². The molecule has 0 amide bonds. The molecule has 1 unspecified atom stereocenters. The standard InChI is InChI=1S/C20H25ClN2O2/c1-2-17-14-23(19-13-16(22)7-10-20(19)25-17)11-3-4-12-24-18-8-5-15(21)6-9-18/h5-10,13,17H,2-4,11-12,14,22H2,1H3. The molecule has 0 saturated heterocycles. The third-order valence-corrected chi connectivity index (χ3v) is 4.65. The Kier molecular flexibility index (Phi) is 5.92. The summed E-state index contributed by atoms with van der Waals surface area (Å²) in [6.07, 6.45) is 3.29. The summed E-state index contributed by atoms with van der Waals surface area (Å²) in [5.74, 6) is 1.80. The topological polar surface area (TPSA) is 47.7 Å². The molecule has 0 saturated carbocycles. The molecule has 1 aliphatic rings. The molecule has 0 aliphatic carbocycles. The van der Waals surface area contributed by atoms with Crippen LogP contribution in [0.15, 0.2) is 42.5 Å². The zero-order valence-corrected chi connectivity index (χ0v) is 15.3. The Bertz CT molecular complexity index is 691. The largest absolute Gasteiger partial charge is 0.494 e. The Morgan fingerprint density at radius 3 is 2.76 bits per heavy atom. The molecule has 0 aromatic heterocycles. The fourth-order valence-corrected chi connectivity index (χ4v) is 3.12. The van der Waals surface area contributed by atoms with Crippen molar-refractivity contribution >= 4 is 23.0 Å². The summed E-state index contributed by atoms with van der Waals surface area (Å²) in [5.41, 5.74) is 7.82. The van der Waals surface area contributed by atoms with Crippen LogP contribution in [-0.4, -0.2) is 25.8 Å². The van der Waals surface area contributed by atoms with Crippen LogP contribution in [0.25, 0.3) is 0 Å². The van der Waals surface area contributed by atoms with Crippen molar-refractivity contribution in [1.29, 1.82) is 0 Å². The van der Waals surface area contributed by atoms with E-state index in [1.807, 2.05) is 42.5 Å². The molecular weight excluding hydrogens is 336 g/mol. The van der Waals surface area contributed by atoms with Crippen molar-refractivity contribution in [1.82, 2.24) is 0 Å². The molecule has 4 nitrogen and oxygen atoms in total. The van der Waals surface area contributed by atoms with Gasteiger partial charge in [0, 0.05) is 17.3 Å². The van der Waals surface area contributed by atoms with Gasteiger partial charge in [0.15, 0.2) is 0 Å². The molecule has 1 atom stereocenters. The second kappa shape index (κ2) is 8.34. The molecule has 1 heterocycles. The van der Waals surface area contributed by atoms with Crippen molar-refractivity contribution in [2.75, 3.05) is 30.3 Å². The first kappa shape index (κ1) is 17.7. The molecule has 0 radical (unpaired) electrons. The molecule has 2 aromatic rings. The molecule has 134 valence electrons. The normalized spacial score (nSPS) is 16.2. The minimum Gasteiger partial charge on any atom is -0.494 e. The van der Waals surface area contributed by atoms with Gasteiger partial charge >= 0.3 is 0 Å². The summed E-state index contributed by atoms with van der Waals surface area (Å²) < 4.78 is 11.8. The van der Waals surface area contributed by atoms with E-state index in [-0.39, 0.29) is 6.10 Å². The molecule has 25 heavy (non-hydrogen) atoms. The third-order valence-electron chi connectivity index (χ3n) is 4.40. The zero-order valence-electron chi connectivity index (χ0n) is 14.6. The smallest absolute Gasteiger partial charge is 0.143 e. The van der Waals surface area contributed by atoms with Crippen molar-refractivity contribution in [3.63, 3.8) is 0 Å². The predicted molar refractivity (Wildman–Crippen MR) is 104 cm³/mol. The van der Waals surface area contributed by atoms with Gasteiger partial charge in [-0.15, -0.1) is 0 Å². The lowest BCUT2D eigenvalue weighted by atomic mass is 10.1. The summed E-state index contributed by atoms with van der Waals surface area (Å²) >= 11 is 5.88. The maximum absolute atomic E-state index is 6.03. The van der Waals surface area contributed by atoms with E-state index in [0.717, 1.165) is 60.2 Å². The van der Waals surface area contributed by atoms with Crippen molar-refractivity contribution in [3.8, 4) is 11.5 Å². The van der Waals surface area contributed by atoms with Gasteiger partial charge in [-0.25, -0.2) is 0 Å². The highest BCUT2D eigenvalue weighted by Gasteiger charge is 2.24. The van der Waals surface area contributed by atoms with Crippen LogP contribution >= 0.6 is 11.6 Å². The number of halogens is 1. The Hall–Kier alpha value is -2.07. The second-order valence-corrected chi connectivity index (χ2v) is 6.77. The Balaban J connectivity index is 1.50. The van der Waals surface area contributed by atoms with Gasteiger partial charge in [0.2, 0.25) is 0 Å². The average Bonchev–Trinajstić information content (AvgIpc) is 2.63. The number of hydrogen-bond acceptors (Lipinski definition) is 4. The van der Waals surface area contributed by atoms with Crippen LogP contribution < -0.4 is 20.1 Å². The van der Waals surface area contributed by atoms with Gasteiger partial charge in [-0.1, -0.05) is 18.5 Å². The molecule has 3 rings (SSSR count). The van der Waals surface area contributed by atoms with E-state index in [0.29, 0.717) is 6.61 Å².